The second-order valence-electron chi connectivity index (χ2n) is 5.21. The zero-order valence-corrected chi connectivity index (χ0v) is 12.4. The lowest BCUT2D eigenvalue weighted by molar-refractivity contribution is 0.0527. The number of carbonyl (C=O) groups excluding carboxylic acids is 1. The first-order valence-electron chi connectivity index (χ1n) is 7.30. The Morgan fingerprint density at radius 1 is 1.50 bits per heavy atom. The molecule has 0 spiro atoms. The average molecular weight is 277 g/mol. The van der Waals surface area contributed by atoms with Crippen molar-refractivity contribution in [2.45, 2.75) is 52.1 Å². The van der Waals surface area contributed by atoms with Crippen molar-refractivity contribution in [1.29, 1.82) is 0 Å². The topological polar surface area (TPSA) is 68.5 Å². The third-order valence-corrected chi connectivity index (χ3v) is 3.97. The smallest absolute Gasteiger partial charge is 0.340 e. The number of pyridine rings is 1. The highest BCUT2D eigenvalue weighted by atomic mass is 16.5. The minimum atomic E-state index is -0.381. The summed E-state index contributed by atoms with van der Waals surface area (Å²) in [5, 5.41) is 0. The van der Waals surface area contributed by atoms with E-state index < -0.39 is 0 Å². The molecular formula is C15H23N3O2. The lowest BCUT2D eigenvalue weighted by Gasteiger charge is -2.30. The summed E-state index contributed by atoms with van der Waals surface area (Å²) in [4.78, 5) is 18.6. The molecule has 2 heterocycles. The minimum Gasteiger partial charge on any atom is -0.462 e. The molecule has 0 aromatic carbocycles. The van der Waals surface area contributed by atoms with Crippen molar-refractivity contribution in [3.05, 3.63) is 17.8 Å². The van der Waals surface area contributed by atoms with Crippen molar-refractivity contribution in [3.8, 4) is 0 Å². The summed E-state index contributed by atoms with van der Waals surface area (Å²) in [6.07, 6.45) is 4.95. The van der Waals surface area contributed by atoms with Gasteiger partial charge in [0.15, 0.2) is 5.82 Å². The number of ether oxygens (including phenoxy) is 1. The van der Waals surface area contributed by atoms with Crippen LogP contribution in [0.2, 0.25) is 0 Å². The molecule has 1 saturated heterocycles. The van der Waals surface area contributed by atoms with Gasteiger partial charge in [-0.25, -0.2) is 9.78 Å². The van der Waals surface area contributed by atoms with Crippen molar-refractivity contribution < 1.29 is 9.53 Å². The van der Waals surface area contributed by atoms with Gasteiger partial charge < -0.3 is 15.4 Å². The predicted molar refractivity (Wildman–Crippen MR) is 79.9 cm³/mol. The van der Waals surface area contributed by atoms with Gasteiger partial charge in [-0.2, -0.15) is 0 Å². The molecule has 2 rings (SSSR count). The Labute approximate surface area is 120 Å². The molecule has 20 heavy (non-hydrogen) atoms. The fourth-order valence-corrected chi connectivity index (χ4v) is 2.91. The number of hydrogen-bond acceptors (Lipinski definition) is 5. The molecule has 110 valence electrons. The van der Waals surface area contributed by atoms with Gasteiger partial charge in [0.05, 0.1) is 17.9 Å². The van der Waals surface area contributed by atoms with E-state index in [9.17, 15) is 4.79 Å². The van der Waals surface area contributed by atoms with Crippen LogP contribution in [0.4, 0.5) is 11.5 Å². The van der Waals surface area contributed by atoms with E-state index >= 15 is 0 Å². The summed E-state index contributed by atoms with van der Waals surface area (Å²) >= 11 is 0. The van der Waals surface area contributed by atoms with Crippen LogP contribution in [-0.4, -0.2) is 29.6 Å². The van der Waals surface area contributed by atoms with E-state index in [1.54, 1.807) is 19.2 Å². The fraction of sp³-hybridized carbons (Fsp3) is 0.600. The van der Waals surface area contributed by atoms with Crippen molar-refractivity contribution in [2.75, 3.05) is 17.2 Å². The van der Waals surface area contributed by atoms with E-state index in [1.807, 2.05) is 0 Å². The molecule has 0 aliphatic carbocycles. The van der Waals surface area contributed by atoms with Gasteiger partial charge in [-0.05, 0) is 39.2 Å². The number of hydrogen-bond donors (Lipinski definition) is 1. The lowest BCUT2D eigenvalue weighted by atomic mass is 10.1. The van der Waals surface area contributed by atoms with Gasteiger partial charge in [-0.15, -0.1) is 0 Å². The summed E-state index contributed by atoms with van der Waals surface area (Å²) in [7, 11) is 0. The van der Waals surface area contributed by atoms with E-state index in [4.69, 9.17) is 10.5 Å². The second kappa shape index (κ2) is 6.11. The maximum atomic E-state index is 11.9. The van der Waals surface area contributed by atoms with Crippen LogP contribution in [0.15, 0.2) is 12.3 Å². The standard InChI is InChI=1S/C15H23N3O2/c1-4-11-7-6-10(3)18(11)14-13(16)12(8-9-17-14)15(19)20-5-2/h8-11H,4-7,16H2,1-3H3. The molecule has 0 saturated carbocycles. The van der Waals surface area contributed by atoms with Crippen LogP contribution in [0.1, 0.15) is 50.4 Å². The first-order valence-corrected chi connectivity index (χ1v) is 7.30. The second-order valence-corrected chi connectivity index (χ2v) is 5.21. The van der Waals surface area contributed by atoms with Crippen LogP contribution in [0.3, 0.4) is 0 Å². The molecule has 1 aromatic rings. The molecule has 1 aromatic heterocycles. The number of aromatic nitrogens is 1. The predicted octanol–water partition coefficient (Wildman–Crippen LogP) is 2.61. The quantitative estimate of drug-likeness (QED) is 0.857. The molecule has 2 atom stereocenters. The fourth-order valence-electron chi connectivity index (χ4n) is 2.91. The molecule has 0 bridgehead atoms. The number of rotatable bonds is 4. The van der Waals surface area contributed by atoms with Crippen molar-refractivity contribution in [1.82, 2.24) is 4.98 Å². The van der Waals surface area contributed by atoms with E-state index in [0.29, 0.717) is 35.8 Å². The SMILES string of the molecule is CCOC(=O)c1ccnc(N2C(C)CCC2CC)c1N. The average Bonchev–Trinajstić information content (AvgIpc) is 2.80. The monoisotopic (exact) mass is 277 g/mol. The van der Waals surface area contributed by atoms with Crippen LogP contribution in [-0.2, 0) is 4.74 Å². The number of anilines is 2. The van der Waals surface area contributed by atoms with Crippen LogP contribution >= 0.6 is 0 Å². The van der Waals surface area contributed by atoms with Gasteiger partial charge in [-0.3, -0.25) is 0 Å². The number of nitrogens with zero attached hydrogens (tertiary/aromatic N) is 2. The van der Waals surface area contributed by atoms with Gasteiger partial charge >= 0.3 is 5.97 Å². The van der Waals surface area contributed by atoms with Crippen LogP contribution in [0.5, 0.6) is 0 Å². The third-order valence-electron chi connectivity index (χ3n) is 3.97. The summed E-state index contributed by atoms with van der Waals surface area (Å²) in [6.45, 7) is 6.47. The van der Waals surface area contributed by atoms with E-state index in [2.05, 4.69) is 23.7 Å². The Kier molecular flexibility index (Phi) is 4.47. The number of nitrogens with two attached hydrogens (primary N) is 1. The molecule has 1 fully saturated rings. The minimum absolute atomic E-state index is 0.341. The molecule has 2 unspecified atom stereocenters. The lowest BCUT2D eigenvalue weighted by Crippen LogP contribution is -2.35. The van der Waals surface area contributed by atoms with Crippen molar-refractivity contribution in [3.63, 3.8) is 0 Å². The Morgan fingerprint density at radius 2 is 2.25 bits per heavy atom. The zero-order valence-electron chi connectivity index (χ0n) is 12.4. The maximum absolute atomic E-state index is 11.9. The van der Waals surface area contributed by atoms with E-state index in [-0.39, 0.29) is 5.97 Å². The molecular weight excluding hydrogens is 254 g/mol. The normalized spacial score (nSPS) is 22.1. The van der Waals surface area contributed by atoms with Crippen molar-refractivity contribution in [2.24, 2.45) is 0 Å². The Morgan fingerprint density at radius 3 is 2.90 bits per heavy atom. The molecule has 0 radical (unpaired) electrons. The van der Waals surface area contributed by atoms with Gasteiger partial charge in [-0.1, -0.05) is 6.92 Å². The summed E-state index contributed by atoms with van der Waals surface area (Å²) in [6, 6.07) is 2.46. The largest absolute Gasteiger partial charge is 0.462 e. The molecule has 0 amide bonds. The highest BCUT2D eigenvalue weighted by Gasteiger charge is 2.32. The maximum Gasteiger partial charge on any atom is 0.340 e. The number of carbonyl (C=O) groups is 1. The Hall–Kier alpha value is -1.78. The van der Waals surface area contributed by atoms with Gasteiger partial charge in [0, 0.05) is 18.3 Å². The Bertz CT molecular complexity index is 490. The molecule has 5 heteroatoms. The van der Waals surface area contributed by atoms with Gasteiger partial charge in [0.25, 0.3) is 0 Å². The summed E-state index contributed by atoms with van der Waals surface area (Å²) < 4.78 is 5.04. The number of esters is 1. The van der Waals surface area contributed by atoms with Gasteiger partial charge in [0.1, 0.15) is 0 Å². The third kappa shape index (κ3) is 2.57. The molecule has 2 N–H and O–H groups in total. The molecule has 1 aliphatic rings. The highest BCUT2D eigenvalue weighted by Crippen LogP contribution is 2.35. The van der Waals surface area contributed by atoms with E-state index in [1.165, 1.54) is 0 Å². The summed E-state index contributed by atoms with van der Waals surface area (Å²) in [5.41, 5.74) is 7.01. The zero-order chi connectivity index (χ0) is 14.7. The molecule has 1 aliphatic heterocycles. The van der Waals surface area contributed by atoms with Crippen LogP contribution < -0.4 is 10.6 Å². The van der Waals surface area contributed by atoms with Crippen LogP contribution in [0, 0.1) is 0 Å². The Balaban J connectivity index is 2.37. The van der Waals surface area contributed by atoms with Gasteiger partial charge in [0.2, 0.25) is 0 Å². The highest BCUT2D eigenvalue weighted by molar-refractivity contribution is 5.97. The summed E-state index contributed by atoms with van der Waals surface area (Å²) in [5.74, 6) is 0.334. The van der Waals surface area contributed by atoms with Crippen LogP contribution in [0.25, 0.3) is 0 Å². The van der Waals surface area contributed by atoms with Crippen molar-refractivity contribution >= 4 is 17.5 Å². The number of nitrogen functional groups attached to an aromatic ring is 1. The first kappa shape index (κ1) is 14.6. The first-order chi connectivity index (χ1) is 9.60. The molecule has 5 nitrogen and oxygen atoms in total. The van der Waals surface area contributed by atoms with E-state index in [0.717, 1.165) is 19.3 Å².